The van der Waals surface area contributed by atoms with Gasteiger partial charge in [-0.3, -0.25) is 4.79 Å². The van der Waals surface area contributed by atoms with E-state index in [2.05, 4.69) is 35.8 Å². The molecular formula is C18H22F2N2O2S. The maximum atomic E-state index is 12.6. The Hall–Kier alpha value is -1.76. The summed E-state index contributed by atoms with van der Waals surface area (Å²) in [6, 6.07) is 4.58. The van der Waals surface area contributed by atoms with E-state index in [9.17, 15) is 13.6 Å². The van der Waals surface area contributed by atoms with Crippen molar-refractivity contribution in [1.82, 2.24) is 4.98 Å². The van der Waals surface area contributed by atoms with Gasteiger partial charge < -0.3 is 10.1 Å². The van der Waals surface area contributed by atoms with E-state index in [1.807, 2.05) is 0 Å². The summed E-state index contributed by atoms with van der Waals surface area (Å²) in [5.41, 5.74) is 0.814. The maximum absolute atomic E-state index is 12.6. The fourth-order valence-electron chi connectivity index (χ4n) is 3.89. The smallest absolute Gasteiger partial charge is 0.387 e. The number of thiazole rings is 1. The fourth-order valence-corrected chi connectivity index (χ4v) is 4.79. The minimum Gasteiger partial charge on any atom is -0.435 e. The molecule has 0 radical (unpaired) electrons. The zero-order valence-electron chi connectivity index (χ0n) is 14.5. The molecule has 136 valence electrons. The van der Waals surface area contributed by atoms with E-state index in [1.165, 1.54) is 23.5 Å². The molecule has 1 aromatic heterocycles. The highest BCUT2D eigenvalue weighted by Crippen LogP contribution is 2.42. The average Bonchev–Trinajstić information content (AvgIpc) is 2.85. The molecule has 0 saturated heterocycles. The average molecular weight is 368 g/mol. The molecule has 4 nitrogen and oxygen atoms in total. The molecule has 0 bridgehead atoms. The molecule has 0 aliphatic heterocycles. The topological polar surface area (TPSA) is 51.2 Å². The van der Waals surface area contributed by atoms with Crippen molar-refractivity contribution in [2.24, 2.45) is 17.3 Å². The first-order valence-electron chi connectivity index (χ1n) is 8.38. The maximum Gasteiger partial charge on any atom is 0.387 e. The van der Waals surface area contributed by atoms with E-state index in [-0.39, 0.29) is 23.0 Å². The number of aromatic nitrogens is 1. The van der Waals surface area contributed by atoms with Crippen LogP contribution in [0.1, 0.15) is 40.0 Å². The number of carbonyl (C=O) groups is 1. The van der Waals surface area contributed by atoms with Gasteiger partial charge in [-0.2, -0.15) is 8.78 Å². The molecule has 2 unspecified atom stereocenters. The summed E-state index contributed by atoms with van der Waals surface area (Å²) in [6.45, 7) is 3.72. The van der Waals surface area contributed by atoms with Gasteiger partial charge in [0.15, 0.2) is 5.13 Å². The third kappa shape index (κ3) is 4.45. The van der Waals surface area contributed by atoms with Gasteiger partial charge in [0.05, 0.1) is 10.2 Å². The first-order valence-corrected chi connectivity index (χ1v) is 9.20. The zero-order valence-corrected chi connectivity index (χ0v) is 15.3. The Morgan fingerprint density at radius 1 is 1.40 bits per heavy atom. The van der Waals surface area contributed by atoms with Gasteiger partial charge in [-0.15, -0.1) is 0 Å². The largest absolute Gasteiger partial charge is 0.435 e. The van der Waals surface area contributed by atoms with Gasteiger partial charge in [0.2, 0.25) is 5.91 Å². The number of amides is 1. The fraction of sp³-hybridized carbons (Fsp3) is 0.556. The Morgan fingerprint density at radius 3 is 2.84 bits per heavy atom. The molecule has 3 rings (SSSR count). The van der Waals surface area contributed by atoms with Crippen molar-refractivity contribution in [3.05, 3.63) is 18.2 Å². The lowest BCUT2D eigenvalue weighted by molar-refractivity contribution is -0.122. The van der Waals surface area contributed by atoms with Crippen molar-refractivity contribution >= 4 is 32.6 Å². The summed E-state index contributed by atoms with van der Waals surface area (Å²) < 4.78 is 29.7. The Balaban J connectivity index is 1.72. The van der Waals surface area contributed by atoms with Crippen LogP contribution in [-0.4, -0.2) is 17.5 Å². The first-order chi connectivity index (χ1) is 11.7. The molecule has 1 aromatic carbocycles. The summed E-state index contributed by atoms with van der Waals surface area (Å²) in [4.78, 5) is 17.0. The standard InChI is InChI=1S/C18H22F2N2O2S/c1-10-6-11(9-18(2,3)8-10)15(23)22-17-21-13-5-4-12(24-16(19)20)7-14(13)25-17/h4-5,7,10-11,16H,6,8-9H2,1-3H3,(H,21,22,23). The summed E-state index contributed by atoms with van der Waals surface area (Å²) in [5, 5.41) is 3.39. The van der Waals surface area contributed by atoms with Crippen molar-refractivity contribution < 1.29 is 18.3 Å². The second-order valence-electron chi connectivity index (χ2n) is 7.63. The number of hydrogen-bond acceptors (Lipinski definition) is 4. The number of hydrogen-bond donors (Lipinski definition) is 1. The third-order valence-electron chi connectivity index (χ3n) is 4.57. The monoisotopic (exact) mass is 368 g/mol. The second-order valence-corrected chi connectivity index (χ2v) is 8.66. The minimum atomic E-state index is -2.86. The van der Waals surface area contributed by atoms with Gasteiger partial charge in [0, 0.05) is 5.92 Å². The van der Waals surface area contributed by atoms with E-state index in [4.69, 9.17) is 0 Å². The molecule has 2 atom stereocenters. The Kier molecular flexibility index (Phi) is 4.95. The van der Waals surface area contributed by atoms with Gasteiger partial charge in [0.25, 0.3) is 0 Å². The minimum absolute atomic E-state index is 0.0114. The first kappa shape index (κ1) is 18.0. The number of fused-ring (bicyclic) bond motifs is 1. The molecule has 7 heteroatoms. The van der Waals surface area contributed by atoms with Gasteiger partial charge in [-0.1, -0.05) is 32.1 Å². The number of rotatable bonds is 4. The molecule has 2 aromatic rings. The van der Waals surface area contributed by atoms with Crippen molar-refractivity contribution in [2.45, 2.75) is 46.6 Å². The zero-order chi connectivity index (χ0) is 18.2. The molecular weight excluding hydrogens is 346 g/mol. The predicted octanol–water partition coefficient (Wildman–Crippen LogP) is 5.30. The molecule has 1 N–H and O–H groups in total. The SMILES string of the molecule is CC1CC(C(=O)Nc2nc3ccc(OC(F)F)cc3s2)CC(C)(C)C1. The van der Waals surface area contributed by atoms with Crippen LogP contribution in [0.15, 0.2) is 18.2 Å². The second kappa shape index (κ2) is 6.86. The number of benzene rings is 1. The summed E-state index contributed by atoms with van der Waals surface area (Å²) in [7, 11) is 0. The van der Waals surface area contributed by atoms with Crippen LogP contribution in [0, 0.1) is 17.3 Å². The number of ether oxygens (including phenoxy) is 1. The molecule has 1 heterocycles. The molecule has 25 heavy (non-hydrogen) atoms. The number of halogens is 2. The van der Waals surface area contributed by atoms with Crippen molar-refractivity contribution in [3.8, 4) is 5.75 Å². The van der Waals surface area contributed by atoms with E-state index in [1.54, 1.807) is 6.07 Å². The van der Waals surface area contributed by atoms with Crippen molar-refractivity contribution in [1.29, 1.82) is 0 Å². The number of carbonyl (C=O) groups excluding carboxylic acids is 1. The van der Waals surface area contributed by atoms with E-state index >= 15 is 0 Å². The third-order valence-corrected chi connectivity index (χ3v) is 5.51. The highest BCUT2D eigenvalue weighted by Gasteiger charge is 2.35. The van der Waals surface area contributed by atoms with Gasteiger partial charge in [-0.05, 0) is 48.8 Å². The molecule has 1 aliphatic rings. The number of alkyl halides is 2. The van der Waals surface area contributed by atoms with Crippen LogP contribution in [0.2, 0.25) is 0 Å². The highest BCUT2D eigenvalue weighted by atomic mass is 32.1. The molecule has 0 spiro atoms. The molecule has 1 aliphatic carbocycles. The predicted molar refractivity (Wildman–Crippen MR) is 95.2 cm³/mol. The van der Waals surface area contributed by atoms with E-state index < -0.39 is 6.61 Å². The van der Waals surface area contributed by atoms with Crippen molar-refractivity contribution in [2.75, 3.05) is 5.32 Å². The lowest BCUT2D eigenvalue weighted by atomic mass is 9.68. The Labute approximate surface area is 149 Å². The summed E-state index contributed by atoms with van der Waals surface area (Å²) >= 11 is 1.26. The number of nitrogens with one attached hydrogen (secondary N) is 1. The van der Waals surface area contributed by atoms with E-state index in [0.29, 0.717) is 21.3 Å². The highest BCUT2D eigenvalue weighted by molar-refractivity contribution is 7.22. The van der Waals surface area contributed by atoms with Crippen LogP contribution >= 0.6 is 11.3 Å². The summed E-state index contributed by atoms with van der Waals surface area (Å²) in [6.07, 6.45) is 2.87. The van der Waals surface area contributed by atoms with Gasteiger partial charge in [-0.25, -0.2) is 4.98 Å². The van der Waals surface area contributed by atoms with Crippen LogP contribution in [0.25, 0.3) is 10.2 Å². The lowest BCUT2D eigenvalue weighted by Gasteiger charge is -2.38. The quantitative estimate of drug-likeness (QED) is 0.797. The molecule has 1 amide bonds. The Bertz CT molecular complexity index is 776. The lowest BCUT2D eigenvalue weighted by Crippen LogP contribution is -2.34. The van der Waals surface area contributed by atoms with Crippen molar-refractivity contribution in [3.63, 3.8) is 0 Å². The summed E-state index contributed by atoms with van der Waals surface area (Å²) in [5.74, 6) is 0.571. The van der Waals surface area contributed by atoms with E-state index in [0.717, 1.165) is 19.3 Å². The molecule has 1 saturated carbocycles. The molecule has 1 fully saturated rings. The van der Waals surface area contributed by atoms with Crippen LogP contribution < -0.4 is 10.1 Å². The van der Waals surface area contributed by atoms with Crippen LogP contribution in [-0.2, 0) is 4.79 Å². The van der Waals surface area contributed by atoms with Crippen LogP contribution in [0.4, 0.5) is 13.9 Å². The Morgan fingerprint density at radius 2 is 2.16 bits per heavy atom. The number of anilines is 1. The number of nitrogens with zero attached hydrogens (tertiary/aromatic N) is 1. The van der Waals surface area contributed by atoms with Gasteiger partial charge >= 0.3 is 6.61 Å². The van der Waals surface area contributed by atoms with Gasteiger partial charge in [0.1, 0.15) is 5.75 Å². The normalized spacial score (nSPS) is 23.0. The van der Waals surface area contributed by atoms with Crippen LogP contribution in [0.3, 0.4) is 0 Å². The van der Waals surface area contributed by atoms with Crippen LogP contribution in [0.5, 0.6) is 5.75 Å².